The van der Waals surface area contributed by atoms with Crippen molar-refractivity contribution < 1.29 is 5.11 Å². The van der Waals surface area contributed by atoms with E-state index in [1.807, 2.05) is 13.0 Å². The van der Waals surface area contributed by atoms with Gasteiger partial charge in [-0.05, 0) is 45.8 Å². The SMILES string of the molecule is C=CCN(C)CC1CCN(CC(C)O)CC1. The van der Waals surface area contributed by atoms with Crippen LogP contribution in [-0.2, 0) is 0 Å². The van der Waals surface area contributed by atoms with E-state index in [9.17, 15) is 5.11 Å². The van der Waals surface area contributed by atoms with Crippen molar-refractivity contribution in [3.8, 4) is 0 Å². The van der Waals surface area contributed by atoms with Gasteiger partial charge < -0.3 is 14.9 Å². The average Bonchev–Trinajstić information content (AvgIpc) is 2.20. The average molecular weight is 226 g/mol. The Hall–Kier alpha value is -0.380. The van der Waals surface area contributed by atoms with Crippen molar-refractivity contribution in [3.05, 3.63) is 12.7 Å². The molecule has 1 fully saturated rings. The van der Waals surface area contributed by atoms with Gasteiger partial charge in [-0.25, -0.2) is 0 Å². The summed E-state index contributed by atoms with van der Waals surface area (Å²) in [6, 6.07) is 0. The Morgan fingerprint density at radius 3 is 2.62 bits per heavy atom. The summed E-state index contributed by atoms with van der Waals surface area (Å²) in [6.07, 6.45) is 4.28. The minimum Gasteiger partial charge on any atom is -0.392 e. The summed E-state index contributed by atoms with van der Waals surface area (Å²) >= 11 is 0. The number of β-amino-alcohol motifs (C(OH)–C–C–N with tert-alkyl or cyclic N) is 1. The summed E-state index contributed by atoms with van der Waals surface area (Å²) in [6.45, 7) is 10.9. The molecule has 1 heterocycles. The highest BCUT2D eigenvalue weighted by atomic mass is 16.3. The first-order valence-corrected chi connectivity index (χ1v) is 6.31. The van der Waals surface area contributed by atoms with Crippen molar-refractivity contribution in [1.82, 2.24) is 9.80 Å². The molecule has 3 nitrogen and oxygen atoms in total. The number of piperidine rings is 1. The van der Waals surface area contributed by atoms with E-state index in [0.717, 1.165) is 32.1 Å². The smallest absolute Gasteiger partial charge is 0.0639 e. The second-order valence-corrected chi connectivity index (χ2v) is 5.10. The fraction of sp³-hybridized carbons (Fsp3) is 0.846. The summed E-state index contributed by atoms with van der Waals surface area (Å²) in [5, 5.41) is 9.32. The molecule has 1 unspecified atom stereocenters. The Balaban J connectivity index is 2.18. The van der Waals surface area contributed by atoms with Crippen LogP contribution in [0.3, 0.4) is 0 Å². The summed E-state index contributed by atoms with van der Waals surface area (Å²) in [4.78, 5) is 4.71. The fourth-order valence-electron chi connectivity index (χ4n) is 2.46. The van der Waals surface area contributed by atoms with Gasteiger partial charge in [0.05, 0.1) is 6.10 Å². The maximum atomic E-state index is 9.32. The quantitative estimate of drug-likeness (QED) is 0.689. The number of likely N-dealkylation sites (N-methyl/N-ethyl adjacent to an activating group) is 1. The van der Waals surface area contributed by atoms with E-state index in [-0.39, 0.29) is 6.10 Å². The van der Waals surface area contributed by atoms with Crippen molar-refractivity contribution in [2.45, 2.75) is 25.9 Å². The molecule has 1 aliphatic rings. The maximum absolute atomic E-state index is 9.32. The molecule has 3 heteroatoms. The van der Waals surface area contributed by atoms with E-state index in [1.165, 1.54) is 19.4 Å². The third-order valence-electron chi connectivity index (χ3n) is 3.24. The van der Waals surface area contributed by atoms with E-state index in [1.54, 1.807) is 0 Å². The molecule has 1 atom stereocenters. The highest BCUT2D eigenvalue weighted by Crippen LogP contribution is 2.18. The van der Waals surface area contributed by atoms with Gasteiger partial charge in [-0.15, -0.1) is 6.58 Å². The minimum atomic E-state index is -0.194. The molecule has 0 spiro atoms. The number of likely N-dealkylation sites (tertiary alicyclic amines) is 1. The summed E-state index contributed by atoms with van der Waals surface area (Å²) in [5.74, 6) is 0.815. The lowest BCUT2D eigenvalue weighted by molar-refractivity contribution is 0.0935. The lowest BCUT2D eigenvalue weighted by Gasteiger charge is -2.34. The summed E-state index contributed by atoms with van der Waals surface area (Å²) in [7, 11) is 2.16. The highest BCUT2D eigenvalue weighted by Gasteiger charge is 2.20. The van der Waals surface area contributed by atoms with E-state index in [0.29, 0.717) is 0 Å². The third kappa shape index (κ3) is 5.10. The molecule has 1 N–H and O–H groups in total. The van der Waals surface area contributed by atoms with Gasteiger partial charge in [0, 0.05) is 19.6 Å². The van der Waals surface area contributed by atoms with Gasteiger partial charge in [0.1, 0.15) is 0 Å². The molecule has 1 saturated heterocycles. The topological polar surface area (TPSA) is 26.7 Å². The van der Waals surface area contributed by atoms with Crippen LogP contribution in [0, 0.1) is 5.92 Å². The fourth-order valence-corrected chi connectivity index (χ4v) is 2.46. The Morgan fingerprint density at radius 2 is 2.12 bits per heavy atom. The van der Waals surface area contributed by atoms with Crippen LogP contribution < -0.4 is 0 Å². The van der Waals surface area contributed by atoms with E-state index >= 15 is 0 Å². The third-order valence-corrected chi connectivity index (χ3v) is 3.24. The zero-order valence-corrected chi connectivity index (χ0v) is 10.7. The molecule has 0 aromatic heterocycles. The summed E-state index contributed by atoms with van der Waals surface area (Å²) in [5.41, 5.74) is 0. The van der Waals surface area contributed by atoms with Gasteiger partial charge in [0.25, 0.3) is 0 Å². The molecule has 0 aromatic rings. The van der Waals surface area contributed by atoms with Crippen LogP contribution in [-0.4, -0.2) is 60.8 Å². The lowest BCUT2D eigenvalue weighted by Crippen LogP contribution is -2.40. The number of hydrogen-bond donors (Lipinski definition) is 1. The molecule has 1 aliphatic heterocycles. The highest BCUT2D eigenvalue weighted by molar-refractivity contribution is 4.78. The Morgan fingerprint density at radius 1 is 1.50 bits per heavy atom. The first-order chi connectivity index (χ1) is 7.61. The number of aliphatic hydroxyl groups is 1. The largest absolute Gasteiger partial charge is 0.392 e. The van der Waals surface area contributed by atoms with Crippen LogP contribution in [0.2, 0.25) is 0 Å². The number of nitrogens with zero attached hydrogens (tertiary/aromatic N) is 2. The Bertz CT molecular complexity index is 198. The predicted molar refractivity (Wildman–Crippen MR) is 68.5 cm³/mol. The minimum absolute atomic E-state index is 0.194. The van der Waals surface area contributed by atoms with Gasteiger partial charge in [0.15, 0.2) is 0 Å². The van der Waals surface area contributed by atoms with Gasteiger partial charge in [0.2, 0.25) is 0 Å². The summed E-state index contributed by atoms with van der Waals surface area (Å²) < 4.78 is 0. The Labute approximate surface area is 99.7 Å². The van der Waals surface area contributed by atoms with E-state index in [4.69, 9.17) is 0 Å². The van der Waals surface area contributed by atoms with E-state index < -0.39 is 0 Å². The van der Waals surface area contributed by atoms with Gasteiger partial charge in [-0.1, -0.05) is 6.08 Å². The van der Waals surface area contributed by atoms with Crippen LogP contribution >= 0.6 is 0 Å². The normalized spacial score (nSPS) is 21.2. The van der Waals surface area contributed by atoms with Crippen LogP contribution in [0.4, 0.5) is 0 Å². The molecule has 16 heavy (non-hydrogen) atoms. The molecule has 0 amide bonds. The standard InChI is InChI=1S/C13H26N2O/c1-4-7-14(3)11-13-5-8-15(9-6-13)10-12(2)16/h4,12-13,16H,1,5-11H2,2-3H3. The molecule has 0 radical (unpaired) electrons. The predicted octanol–water partition coefficient (Wildman–Crippen LogP) is 1.20. The lowest BCUT2D eigenvalue weighted by atomic mass is 9.96. The van der Waals surface area contributed by atoms with Crippen LogP contribution in [0.15, 0.2) is 12.7 Å². The molecule has 94 valence electrons. The Kier molecular flexibility index (Phi) is 6.03. The van der Waals surface area contributed by atoms with Gasteiger partial charge in [-0.3, -0.25) is 0 Å². The van der Waals surface area contributed by atoms with Crippen molar-refractivity contribution in [1.29, 1.82) is 0 Å². The molecule has 0 saturated carbocycles. The van der Waals surface area contributed by atoms with Gasteiger partial charge in [-0.2, -0.15) is 0 Å². The van der Waals surface area contributed by atoms with Crippen molar-refractivity contribution in [2.24, 2.45) is 5.92 Å². The second-order valence-electron chi connectivity index (χ2n) is 5.10. The molecule has 0 aromatic carbocycles. The molecule has 0 bridgehead atoms. The first-order valence-electron chi connectivity index (χ1n) is 6.31. The zero-order valence-electron chi connectivity index (χ0n) is 10.7. The first kappa shape index (κ1) is 13.7. The monoisotopic (exact) mass is 226 g/mol. The van der Waals surface area contributed by atoms with Crippen LogP contribution in [0.1, 0.15) is 19.8 Å². The van der Waals surface area contributed by atoms with Crippen molar-refractivity contribution >= 4 is 0 Å². The molecule has 0 aliphatic carbocycles. The second kappa shape index (κ2) is 7.05. The zero-order chi connectivity index (χ0) is 12.0. The number of hydrogen-bond acceptors (Lipinski definition) is 3. The maximum Gasteiger partial charge on any atom is 0.0639 e. The van der Waals surface area contributed by atoms with Crippen LogP contribution in [0.25, 0.3) is 0 Å². The number of rotatable bonds is 6. The van der Waals surface area contributed by atoms with Gasteiger partial charge >= 0.3 is 0 Å². The van der Waals surface area contributed by atoms with Crippen LogP contribution in [0.5, 0.6) is 0 Å². The van der Waals surface area contributed by atoms with Crippen molar-refractivity contribution in [3.63, 3.8) is 0 Å². The van der Waals surface area contributed by atoms with Crippen molar-refractivity contribution in [2.75, 3.05) is 39.8 Å². The molecule has 1 rings (SSSR count). The van der Waals surface area contributed by atoms with E-state index in [2.05, 4.69) is 23.4 Å². The molecular weight excluding hydrogens is 200 g/mol. The number of aliphatic hydroxyl groups excluding tert-OH is 1. The molecular formula is C13H26N2O.